The Morgan fingerprint density at radius 3 is 2.62 bits per heavy atom. The molecular weight excluding hydrogens is 220 g/mol. The molecule has 2 rings (SSSR count). The summed E-state index contributed by atoms with van der Waals surface area (Å²) in [6, 6.07) is 4.29. The molecule has 2 heteroatoms. The van der Waals surface area contributed by atoms with Crippen LogP contribution in [0, 0.1) is 13.8 Å². The van der Waals surface area contributed by atoms with Crippen LogP contribution >= 0.6 is 11.6 Å². The maximum absolute atomic E-state index is 6.11. The summed E-state index contributed by atoms with van der Waals surface area (Å²) in [6.45, 7) is 4.21. The highest BCUT2D eigenvalue weighted by atomic mass is 35.5. The molecule has 0 bridgehead atoms. The van der Waals surface area contributed by atoms with Crippen LogP contribution in [0.4, 0.5) is 0 Å². The van der Waals surface area contributed by atoms with E-state index in [0.29, 0.717) is 0 Å². The van der Waals surface area contributed by atoms with E-state index in [4.69, 9.17) is 16.3 Å². The lowest BCUT2D eigenvalue weighted by Crippen LogP contribution is -1.95. The lowest BCUT2D eigenvalue weighted by molar-refractivity contribution is 0.410. The third kappa shape index (κ3) is 1.97. The quantitative estimate of drug-likeness (QED) is 0.703. The zero-order valence-corrected chi connectivity index (χ0v) is 10.8. The molecule has 0 amide bonds. The van der Waals surface area contributed by atoms with E-state index in [1.807, 2.05) is 0 Å². The van der Waals surface area contributed by atoms with Gasteiger partial charge in [0.2, 0.25) is 0 Å². The van der Waals surface area contributed by atoms with Crippen LogP contribution in [0.2, 0.25) is 0 Å². The SMILES string of the molecule is COc1c(C2=CC(Cl)CC2)ccc(C)c1C. The standard InChI is InChI=1S/C14H17ClO/c1-9-4-7-13(14(16-3)10(9)2)11-5-6-12(15)8-11/h4,7-8,12H,5-6H2,1-3H3. The molecule has 0 radical (unpaired) electrons. The smallest absolute Gasteiger partial charge is 0.129 e. The fraction of sp³-hybridized carbons (Fsp3) is 0.429. The molecule has 1 aliphatic rings. The minimum absolute atomic E-state index is 0.182. The highest BCUT2D eigenvalue weighted by Gasteiger charge is 2.18. The Morgan fingerprint density at radius 1 is 1.31 bits per heavy atom. The molecule has 0 aromatic heterocycles. The fourth-order valence-electron chi connectivity index (χ4n) is 2.21. The lowest BCUT2D eigenvalue weighted by Gasteiger charge is -2.14. The summed E-state index contributed by atoms with van der Waals surface area (Å²) < 4.78 is 5.52. The Kier molecular flexibility index (Phi) is 3.25. The van der Waals surface area contributed by atoms with Gasteiger partial charge in [-0.25, -0.2) is 0 Å². The number of methoxy groups -OCH3 is 1. The maximum Gasteiger partial charge on any atom is 0.129 e. The molecule has 16 heavy (non-hydrogen) atoms. The van der Waals surface area contributed by atoms with E-state index >= 15 is 0 Å². The largest absolute Gasteiger partial charge is 0.496 e. The second-order valence-corrected chi connectivity index (χ2v) is 4.90. The molecule has 0 spiro atoms. The van der Waals surface area contributed by atoms with Crippen molar-refractivity contribution in [3.63, 3.8) is 0 Å². The normalized spacial score (nSPS) is 19.8. The van der Waals surface area contributed by atoms with Gasteiger partial charge in [-0.1, -0.05) is 18.2 Å². The molecule has 1 nitrogen and oxygen atoms in total. The van der Waals surface area contributed by atoms with Crippen LogP contribution in [0.25, 0.3) is 5.57 Å². The maximum atomic E-state index is 6.11. The number of allylic oxidation sites excluding steroid dienone is 2. The Balaban J connectivity index is 2.49. The van der Waals surface area contributed by atoms with Gasteiger partial charge < -0.3 is 4.74 Å². The summed E-state index contributed by atoms with van der Waals surface area (Å²) in [7, 11) is 1.74. The molecule has 0 fully saturated rings. The highest BCUT2D eigenvalue weighted by Crippen LogP contribution is 2.37. The molecule has 1 atom stereocenters. The first-order valence-corrected chi connectivity index (χ1v) is 6.06. The summed E-state index contributed by atoms with van der Waals surface area (Å²) in [5, 5.41) is 0.182. The van der Waals surface area contributed by atoms with Gasteiger partial charge in [-0.15, -0.1) is 11.6 Å². The number of hydrogen-bond acceptors (Lipinski definition) is 1. The third-order valence-corrected chi connectivity index (χ3v) is 3.64. The molecule has 1 aromatic rings. The zero-order valence-electron chi connectivity index (χ0n) is 10.0. The first kappa shape index (κ1) is 11.5. The van der Waals surface area contributed by atoms with Crippen molar-refractivity contribution in [3.8, 4) is 5.75 Å². The van der Waals surface area contributed by atoms with Gasteiger partial charge in [-0.05, 0) is 43.4 Å². The molecule has 1 aromatic carbocycles. The van der Waals surface area contributed by atoms with Crippen LogP contribution in [0.3, 0.4) is 0 Å². The molecule has 1 aliphatic carbocycles. The Hall–Kier alpha value is -0.950. The average Bonchev–Trinajstić information content (AvgIpc) is 2.68. The molecular formula is C14H17ClO. The Morgan fingerprint density at radius 2 is 2.06 bits per heavy atom. The van der Waals surface area contributed by atoms with Crippen LogP contribution in [0.1, 0.15) is 29.5 Å². The molecule has 0 saturated heterocycles. The predicted octanol–water partition coefficient (Wildman–Crippen LogP) is 4.10. The summed E-state index contributed by atoms with van der Waals surface area (Å²) in [4.78, 5) is 0. The first-order valence-electron chi connectivity index (χ1n) is 5.63. The summed E-state index contributed by atoms with van der Waals surface area (Å²) in [6.07, 6.45) is 4.23. The topological polar surface area (TPSA) is 9.23 Å². The molecule has 0 saturated carbocycles. The van der Waals surface area contributed by atoms with Gasteiger partial charge in [0.15, 0.2) is 0 Å². The fourth-order valence-corrected chi connectivity index (χ4v) is 2.47. The van der Waals surface area contributed by atoms with E-state index in [2.05, 4.69) is 32.1 Å². The summed E-state index contributed by atoms with van der Waals surface area (Å²) in [5.41, 5.74) is 5.01. The first-order chi connectivity index (χ1) is 7.63. The second-order valence-electron chi connectivity index (χ2n) is 4.33. The molecule has 0 aliphatic heterocycles. The van der Waals surface area contributed by atoms with Crippen molar-refractivity contribution in [1.29, 1.82) is 0 Å². The van der Waals surface area contributed by atoms with Crippen molar-refractivity contribution < 1.29 is 4.74 Å². The van der Waals surface area contributed by atoms with Crippen molar-refractivity contribution in [2.75, 3.05) is 7.11 Å². The third-order valence-electron chi connectivity index (χ3n) is 3.30. The van der Waals surface area contributed by atoms with E-state index < -0.39 is 0 Å². The lowest BCUT2D eigenvalue weighted by atomic mass is 9.98. The van der Waals surface area contributed by atoms with E-state index in [0.717, 1.165) is 18.6 Å². The summed E-state index contributed by atoms with van der Waals surface area (Å²) in [5.74, 6) is 0.997. The van der Waals surface area contributed by atoms with Gasteiger partial charge >= 0.3 is 0 Å². The predicted molar refractivity (Wildman–Crippen MR) is 69.3 cm³/mol. The van der Waals surface area contributed by atoms with Crippen LogP contribution in [0.5, 0.6) is 5.75 Å². The van der Waals surface area contributed by atoms with Crippen molar-refractivity contribution >= 4 is 17.2 Å². The van der Waals surface area contributed by atoms with Gasteiger partial charge in [0.1, 0.15) is 5.75 Å². The Bertz CT molecular complexity index is 435. The van der Waals surface area contributed by atoms with Crippen LogP contribution in [0.15, 0.2) is 18.2 Å². The number of halogens is 1. The monoisotopic (exact) mass is 236 g/mol. The van der Waals surface area contributed by atoms with E-state index in [1.165, 1.54) is 22.3 Å². The minimum Gasteiger partial charge on any atom is -0.496 e. The molecule has 0 heterocycles. The molecule has 0 N–H and O–H groups in total. The zero-order chi connectivity index (χ0) is 11.7. The van der Waals surface area contributed by atoms with E-state index in [1.54, 1.807) is 7.11 Å². The van der Waals surface area contributed by atoms with Crippen molar-refractivity contribution in [2.24, 2.45) is 0 Å². The number of benzene rings is 1. The number of rotatable bonds is 2. The van der Waals surface area contributed by atoms with E-state index in [9.17, 15) is 0 Å². The van der Waals surface area contributed by atoms with Crippen molar-refractivity contribution in [3.05, 3.63) is 34.9 Å². The van der Waals surface area contributed by atoms with Crippen molar-refractivity contribution in [2.45, 2.75) is 32.1 Å². The Labute approximate surface area is 102 Å². The second kappa shape index (κ2) is 4.50. The van der Waals surface area contributed by atoms with Gasteiger partial charge in [0.05, 0.1) is 12.5 Å². The highest BCUT2D eigenvalue weighted by molar-refractivity contribution is 6.22. The molecule has 86 valence electrons. The number of alkyl halides is 1. The number of aryl methyl sites for hydroxylation is 1. The average molecular weight is 237 g/mol. The van der Waals surface area contributed by atoms with Gasteiger partial charge in [0.25, 0.3) is 0 Å². The van der Waals surface area contributed by atoms with Gasteiger partial charge in [0, 0.05) is 5.56 Å². The van der Waals surface area contributed by atoms with Crippen LogP contribution < -0.4 is 4.74 Å². The van der Waals surface area contributed by atoms with Gasteiger partial charge in [-0.3, -0.25) is 0 Å². The number of ether oxygens (including phenoxy) is 1. The van der Waals surface area contributed by atoms with Crippen LogP contribution in [-0.4, -0.2) is 12.5 Å². The number of hydrogen-bond donors (Lipinski definition) is 0. The molecule has 1 unspecified atom stereocenters. The van der Waals surface area contributed by atoms with Gasteiger partial charge in [-0.2, -0.15) is 0 Å². The van der Waals surface area contributed by atoms with E-state index in [-0.39, 0.29) is 5.38 Å². The minimum atomic E-state index is 0.182. The summed E-state index contributed by atoms with van der Waals surface area (Å²) >= 11 is 6.11. The van der Waals surface area contributed by atoms with Crippen molar-refractivity contribution in [1.82, 2.24) is 0 Å². The van der Waals surface area contributed by atoms with Crippen LogP contribution in [-0.2, 0) is 0 Å².